The van der Waals surface area contributed by atoms with Crippen molar-refractivity contribution in [2.75, 3.05) is 13.2 Å². The van der Waals surface area contributed by atoms with E-state index in [1.807, 2.05) is 0 Å². The topological polar surface area (TPSA) is 51.5 Å². The maximum absolute atomic E-state index is 9.04. The van der Waals surface area contributed by atoms with Crippen LogP contribution in [0.1, 0.15) is 44.9 Å². The van der Waals surface area contributed by atoms with Crippen LogP contribution in [-0.2, 0) is 14.2 Å². The van der Waals surface area contributed by atoms with Gasteiger partial charge in [0, 0.05) is 6.61 Å². The molecule has 3 rings (SSSR count). The van der Waals surface area contributed by atoms with E-state index >= 15 is 0 Å². The minimum Gasteiger partial charge on any atom is -0.373 e. The molecule has 0 radical (unpaired) electrons. The van der Waals surface area contributed by atoms with Crippen molar-refractivity contribution in [2.24, 2.45) is 5.92 Å². The summed E-state index contributed by atoms with van der Waals surface area (Å²) in [6, 6.07) is 2.29. The highest BCUT2D eigenvalue weighted by atomic mass is 16.6. The molecule has 0 aromatic rings. The van der Waals surface area contributed by atoms with Gasteiger partial charge in [0.1, 0.15) is 12.2 Å². The van der Waals surface area contributed by atoms with Crippen LogP contribution in [0.5, 0.6) is 0 Å². The predicted octanol–water partition coefficient (Wildman–Crippen LogP) is 2.42. The lowest BCUT2D eigenvalue weighted by Crippen LogP contribution is -2.37. The first-order valence-corrected chi connectivity index (χ1v) is 7.64. The van der Waals surface area contributed by atoms with Crippen LogP contribution in [0.25, 0.3) is 0 Å². The third kappa shape index (κ3) is 2.94. The van der Waals surface area contributed by atoms with Crippen molar-refractivity contribution in [3.63, 3.8) is 0 Å². The van der Waals surface area contributed by atoms with Crippen LogP contribution < -0.4 is 0 Å². The predicted molar refractivity (Wildman–Crippen MR) is 69.6 cm³/mol. The van der Waals surface area contributed by atoms with E-state index in [0.717, 1.165) is 13.0 Å². The van der Waals surface area contributed by atoms with E-state index in [4.69, 9.17) is 19.5 Å². The first-order chi connectivity index (χ1) is 9.38. The summed E-state index contributed by atoms with van der Waals surface area (Å²) >= 11 is 0. The van der Waals surface area contributed by atoms with Gasteiger partial charge in [-0.3, -0.25) is 0 Å². The van der Waals surface area contributed by atoms with Crippen LogP contribution in [0, 0.1) is 17.2 Å². The Morgan fingerprint density at radius 1 is 1.16 bits per heavy atom. The average Bonchev–Trinajstić information content (AvgIpc) is 3.04. The maximum Gasteiger partial charge on any atom is 0.112 e. The van der Waals surface area contributed by atoms with Crippen molar-refractivity contribution in [2.45, 2.75) is 69.4 Å². The van der Waals surface area contributed by atoms with Gasteiger partial charge in [0.15, 0.2) is 0 Å². The van der Waals surface area contributed by atoms with E-state index in [-0.39, 0.29) is 24.4 Å². The standard InChI is InChI=1S/C15H23NO3/c16-8-6-12(11-4-2-1-3-5-11)19-14-10-18-13-7-9-17-15(13)14/h11-15H,1-7,9-10H2. The number of nitrogens with zero attached hydrogens (tertiary/aromatic N) is 1. The van der Waals surface area contributed by atoms with Crippen LogP contribution in [0.15, 0.2) is 0 Å². The smallest absolute Gasteiger partial charge is 0.112 e. The van der Waals surface area contributed by atoms with Gasteiger partial charge < -0.3 is 14.2 Å². The van der Waals surface area contributed by atoms with E-state index in [1.165, 1.54) is 32.1 Å². The van der Waals surface area contributed by atoms with E-state index in [9.17, 15) is 0 Å². The van der Waals surface area contributed by atoms with Gasteiger partial charge in [-0.2, -0.15) is 5.26 Å². The molecular formula is C15H23NO3. The zero-order chi connectivity index (χ0) is 13.1. The third-order valence-corrected chi connectivity index (χ3v) is 4.74. The van der Waals surface area contributed by atoms with Gasteiger partial charge in [0.2, 0.25) is 0 Å². The molecule has 1 saturated carbocycles. The summed E-state index contributed by atoms with van der Waals surface area (Å²) in [5.41, 5.74) is 0. The molecule has 0 N–H and O–H groups in total. The minimum atomic E-state index is 0.0350. The largest absolute Gasteiger partial charge is 0.373 e. The molecule has 3 fully saturated rings. The average molecular weight is 265 g/mol. The summed E-state index contributed by atoms with van der Waals surface area (Å²) in [5, 5.41) is 9.04. The second kappa shape index (κ2) is 6.21. The Balaban J connectivity index is 1.59. The molecule has 2 heterocycles. The molecule has 0 bridgehead atoms. The fourth-order valence-electron chi connectivity index (χ4n) is 3.69. The monoisotopic (exact) mass is 265 g/mol. The molecular weight excluding hydrogens is 242 g/mol. The number of ether oxygens (including phenoxy) is 3. The zero-order valence-corrected chi connectivity index (χ0v) is 11.4. The van der Waals surface area contributed by atoms with E-state index in [2.05, 4.69) is 6.07 Å². The molecule has 3 aliphatic rings. The summed E-state index contributed by atoms with van der Waals surface area (Å²) in [7, 11) is 0. The van der Waals surface area contributed by atoms with E-state index < -0.39 is 0 Å². The Morgan fingerprint density at radius 2 is 2.00 bits per heavy atom. The molecule has 2 aliphatic heterocycles. The highest BCUT2D eigenvalue weighted by Crippen LogP contribution is 2.34. The van der Waals surface area contributed by atoms with Crippen LogP contribution in [-0.4, -0.2) is 37.6 Å². The van der Waals surface area contributed by atoms with Crippen molar-refractivity contribution in [1.82, 2.24) is 0 Å². The minimum absolute atomic E-state index is 0.0350. The zero-order valence-electron chi connectivity index (χ0n) is 11.4. The third-order valence-electron chi connectivity index (χ3n) is 4.74. The summed E-state index contributed by atoms with van der Waals surface area (Å²) in [4.78, 5) is 0. The lowest BCUT2D eigenvalue weighted by Gasteiger charge is -2.31. The fourth-order valence-corrected chi connectivity index (χ4v) is 3.69. The summed E-state index contributed by atoms with van der Waals surface area (Å²) in [5.74, 6) is 0.550. The molecule has 4 atom stereocenters. The van der Waals surface area contributed by atoms with Crippen molar-refractivity contribution < 1.29 is 14.2 Å². The van der Waals surface area contributed by atoms with Crippen LogP contribution in [0.3, 0.4) is 0 Å². The van der Waals surface area contributed by atoms with Gasteiger partial charge in [-0.15, -0.1) is 0 Å². The van der Waals surface area contributed by atoms with Crippen molar-refractivity contribution in [1.29, 1.82) is 5.26 Å². The first-order valence-electron chi connectivity index (χ1n) is 7.64. The Morgan fingerprint density at radius 3 is 2.79 bits per heavy atom. The molecule has 0 aromatic heterocycles. The normalized spacial score (nSPS) is 36.9. The van der Waals surface area contributed by atoms with Crippen LogP contribution in [0.2, 0.25) is 0 Å². The van der Waals surface area contributed by atoms with E-state index in [0.29, 0.717) is 18.9 Å². The highest BCUT2D eigenvalue weighted by molar-refractivity contribution is 4.92. The quantitative estimate of drug-likeness (QED) is 0.783. The number of fused-ring (bicyclic) bond motifs is 1. The molecule has 0 aromatic carbocycles. The Bertz CT molecular complexity index is 335. The molecule has 4 unspecified atom stereocenters. The number of nitriles is 1. The maximum atomic E-state index is 9.04. The van der Waals surface area contributed by atoms with Gasteiger partial charge in [-0.1, -0.05) is 19.3 Å². The van der Waals surface area contributed by atoms with Crippen LogP contribution in [0.4, 0.5) is 0 Å². The van der Waals surface area contributed by atoms with E-state index in [1.54, 1.807) is 0 Å². The molecule has 4 heteroatoms. The van der Waals surface area contributed by atoms with Crippen LogP contribution >= 0.6 is 0 Å². The molecule has 0 spiro atoms. The Labute approximate surface area is 115 Å². The Hall–Kier alpha value is -0.630. The van der Waals surface area contributed by atoms with Crippen molar-refractivity contribution >= 4 is 0 Å². The Kier molecular flexibility index (Phi) is 4.37. The molecule has 106 valence electrons. The molecule has 1 aliphatic carbocycles. The molecule has 19 heavy (non-hydrogen) atoms. The van der Waals surface area contributed by atoms with Gasteiger partial charge in [0.25, 0.3) is 0 Å². The number of hydrogen-bond donors (Lipinski definition) is 0. The summed E-state index contributed by atoms with van der Waals surface area (Å²) in [6.45, 7) is 1.41. The lowest BCUT2D eigenvalue weighted by molar-refractivity contribution is -0.0910. The van der Waals surface area contributed by atoms with Crippen molar-refractivity contribution in [3.05, 3.63) is 0 Å². The molecule has 2 saturated heterocycles. The summed E-state index contributed by atoms with van der Waals surface area (Å²) < 4.78 is 17.7. The molecule has 0 amide bonds. The molecule has 4 nitrogen and oxygen atoms in total. The van der Waals surface area contributed by atoms with Gasteiger partial charge in [-0.05, 0) is 25.2 Å². The second-order valence-electron chi connectivity index (χ2n) is 5.97. The highest BCUT2D eigenvalue weighted by Gasteiger charge is 2.44. The number of rotatable bonds is 4. The SMILES string of the molecule is N#CCC(OC1COC2CCOC21)C1CCCCC1. The van der Waals surface area contributed by atoms with Gasteiger partial charge in [0.05, 0.1) is 31.3 Å². The van der Waals surface area contributed by atoms with Gasteiger partial charge in [-0.25, -0.2) is 0 Å². The van der Waals surface area contributed by atoms with Crippen molar-refractivity contribution in [3.8, 4) is 6.07 Å². The second-order valence-corrected chi connectivity index (χ2v) is 5.97. The summed E-state index contributed by atoms with van der Waals surface area (Å²) in [6.07, 6.45) is 8.20. The van der Waals surface area contributed by atoms with Gasteiger partial charge >= 0.3 is 0 Å². The lowest BCUT2D eigenvalue weighted by atomic mass is 9.84. The fraction of sp³-hybridized carbons (Fsp3) is 0.933. The number of hydrogen-bond acceptors (Lipinski definition) is 4. The first kappa shape index (κ1) is 13.4.